The maximum Gasteiger partial charge on any atom is 0.253 e. The van der Waals surface area contributed by atoms with Crippen LogP contribution >= 0.6 is 0 Å². The van der Waals surface area contributed by atoms with E-state index in [2.05, 4.69) is 35.8 Å². The van der Waals surface area contributed by atoms with Crippen LogP contribution in [0.5, 0.6) is 0 Å². The van der Waals surface area contributed by atoms with Crippen molar-refractivity contribution >= 4 is 18.0 Å². The van der Waals surface area contributed by atoms with Crippen LogP contribution in [0.15, 0.2) is 47.1 Å². The Morgan fingerprint density at radius 3 is 2.80 bits per heavy atom. The van der Waals surface area contributed by atoms with Gasteiger partial charge in [0.05, 0.1) is 0 Å². The lowest BCUT2D eigenvalue weighted by Crippen LogP contribution is -2.35. The first-order valence-electron chi connectivity index (χ1n) is 8.87. The van der Waals surface area contributed by atoms with E-state index in [-0.39, 0.29) is 17.7 Å². The molecule has 1 aromatic carbocycles. The highest BCUT2D eigenvalue weighted by Gasteiger charge is 2.40. The van der Waals surface area contributed by atoms with E-state index in [9.17, 15) is 9.59 Å². The van der Waals surface area contributed by atoms with Crippen molar-refractivity contribution in [3.63, 3.8) is 0 Å². The Kier molecular flexibility index (Phi) is 5.31. The highest BCUT2D eigenvalue weighted by Crippen LogP contribution is 2.29. The zero-order valence-electron chi connectivity index (χ0n) is 14.7. The number of allylic oxidation sites excluding steroid dienone is 2. The number of hydrogen-bond donors (Lipinski definition) is 2. The summed E-state index contributed by atoms with van der Waals surface area (Å²) in [5.74, 6) is -0.612. The van der Waals surface area contributed by atoms with Crippen molar-refractivity contribution in [2.75, 3.05) is 6.54 Å². The van der Waals surface area contributed by atoms with Crippen LogP contribution in [0, 0.1) is 17.8 Å². The molecule has 1 heterocycles. The number of carbonyl (C=O) groups is 2. The van der Waals surface area contributed by atoms with Crippen LogP contribution in [-0.2, 0) is 9.59 Å². The Morgan fingerprint density at radius 1 is 1.32 bits per heavy atom. The number of carbonyl (C=O) groups excluding carboxylic acids is 2. The van der Waals surface area contributed by atoms with Crippen molar-refractivity contribution in [2.24, 2.45) is 22.9 Å². The molecule has 0 radical (unpaired) electrons. The second-order valence-electron chi connectivity index (χ2n) is 7.13. The van der Waals surface area contributed by atoms with Crippen LogP contribution in [0.25, 0.3) is 0 Å². The molecule has 4 atom stereocenters. The molecule has 2 aliphatic rings. The van der Waals surface area contributed by atoms with E-state index < -0.39 is 5.92 Å². The fourth-order valence-electron chi connectivity index (χ4n) is 3.72. The van der Waals surface area contributed by atoms with E-state index in [1.165, 1.54) is 5.57 Å². The lowest BCUT2D eigenvalue weighted by Gasteiger charge is -2.24. The third-order valence-electron chi connectivity index (χ3n) is 5.25. The number of amides is 2. The Bertz CT molecular complexity index is 696. The van der Waals surface area contributed by atoms with Gasteiger partial charge in [0.15, 0.2) is 0 Å². The van der Waals surface area contributed by atoms with Crippen molar-refractivity contribution in [3.05, 3.63) is 47.5 Å². The van der Waals surface area contributed by atoms with Gasteiger partial charge in [-0.15, -0.1) is 0 Å². The van der Waals surface area contributed by atoms with Crippen LogP contribution < -0.4 is 10.7 Å². The van der Waals surface area contributed by atoms with Gasteiger partial charge in [-0.2, -0.15) is 5.10 Å². The monoisotopic (exact) mass is 339 g/mol. The standard InChI is InChI=1S/C20H25N3O2/c1-13-8-9-16(14(2)10-13)11-22-23-20(25)18-17(12-21-19(18)24)15-6-4-3-5-7-15/h3-8,11,14,16-18H,9-10,12H2,1-2H3,(H,21,24)(H,23,25)/b22-11+. The summed E-state index contributed by atoms with van der Waals surface area (Å²) in [6, 6.07) is 9.67. The molecule has 2 N–H and O–H groups in total. The molecular weight excluding hydrogens is 314 g/mol. The average molecular weight is 339 g/mol. The molecule has 1 aliphatic heterocycles. The highest BCUT2D eigenvalue weighted by molar-refractivity contribution is 6.03. The predicted octanol–water partition coefficient (Wildman–Crippen LogP) is 2.61. The topological polar surface area (TPSA) is 70.6 Å². The molecule has 0 spiro atoms. The van der Waals surface area contributed by atoms with Gasteiger partial charge in [0.25, 0.3) is 5.91 Å². The number of benzene rings is 1. The van der Waals surface area contributed by atoms with Crippen molar-refractivity contribution in [1.82, 2.24) is 10.7 Å². The number of nitrogens with one attached hydrogen (secondary N) is 2. The Hall–Kier alpha value is -2.43. The zero-order valence-corrected chi connectivity index (χ0v) is 14.7. The molecular formula is C20H25N3O2. The molecule has 0 saturated carbocycles. The molecule has 5 heteroatoms. The van der Waals surface area contributed by atoms with Gasteiger partial charge in [-0.25, -0.2) is 5.43 Å². The minimum atomic E-state index is -0.731. The average Bonchev–Trinajstić information content (AvgIpc) is 2.99. The minimum absolute atomic E-state index is 0.150. The molecule has 1 aromatic rings. The zero-order chi connectivity index (χ0) is 17.8. The maximum atomic E-state index is 12.5. The van der Waals surface area contributed by atoms with Crippen molar-refractivity contribution in [2.45, 2.75) is 32.6 Å². The second-order valence-corrected chi connectivity index (χ2v) is 7.13. The Balaban J connectivity index is 1.63. The van der Waals surface area contributed by atoms with Crippen LogP contribution in [0.1, 0.15) is 38.2 Å². The third kappa shape index (κ3) is 3.98. The van der Waals surface area contributed by atoms with E-state index in [0.717, 1.165) is 18.4 Å². The summed E-state index contributed by atoms with van der Waals surface area (Å²) in [5.41, 5.74) is 4.99. The molecule has 5 nitrogen and oxygen atoms in total. The maximum absolute atomic E-state index is 12.5. The molecule has 2 amide bonds. The van der Waals surface area contributed by atoms with Gasteiger partial charge >= 0.3 is 0 Å². The molecule has 3 rings (SSSR count). The van der Waals surface area contributed by atoms with Gasteiger partial charge in [-0.05, 0) is 31.2 Å². The molecule has 4 unspecified atom stereocenters. The molecule has 0 bridgehead atoms. The molecule has 0 aromatic heterocycles. The smallest absolute Gasteiger partial charge is 0.253 e. The normalized spacial score (nSPS) is 29.4. The summed E-state index contributed by atoms with van der Waals surface area (Å²) in [7, 11) is 0. The Morgan fingerprint density at radius 2 is 2.08 bits per heavy atom. The first-order chi connectivity index (χ1) is 12.1. The molecule has 1 saturated heterocycles. The third-order valence-corrected chi connectivity index (χ3v) is 5.25. The van der Waals surface area contributed by atoms with E-state index in [1.807, 2.05) is 36.5 Å². The van der Waals surface area contributed by atoms with Crippen molar-refractivity contribution in [3.8, 4) is 0 Å². The summed E-state index contributed by atoms with van der Waals surface area (Å²) in [5, 5.41) is 6.94. The van der Waals surface area contributed by atoms with Crippen molar-refractivity contribution in [1.29, 1.82) is 0 Å². The minimum Gasteiger partial charge on any atom is -0.355 e. The lowest BCUT2D eigenvalue weighted by atomic mass is 9.82. The van der Waals surface area contributed by atoms with Gasteiger partial charge < -0.3 is 5.32 Å². The van der Waals surface area contributed by atoms with Gasteiger partial charge in [0.2, 0.25) is 5.91 Å². The quantitative estimate of drug-likeness (QED) is 0.383. The molecule has 25 heavy (non-hydrogen) atoms. The summed E-state index contributed by atoms with van der Waals surface area (Å²) >= 11 is 0. The molecule has 132 valence electrons. The van der Waals surface area contributed by atoms with Gasteiger partial charge in [0.1, 0.15) is 5.92 Å². The van der Waals surface area contributed by atoms with Crippen LogP contribution in [0.2, 0.25) is 0 Å². The second kappa shape index (κ2) is 7.64. The van der Waals surface area contributed by atoms with Crippen LogP contribution in [0.4, 0.5) is 0 Å². The SMILES string of the molecule is CC1=CCC(/C=N/NC(=O)C2C(=O)NCC2c2ccccc2)C(C)C1. The summed E-state index contributed by atoms with van der Waals surface area (Å²) in [6.45, 7) is 4.83. The first kappa shape index (κ1) is 17.4. The first-order valence-corrected chi connectivity index (χ1v) is 8.87. The Labute approximate surface area is 148 Å². The fraction of sp³-hybridized carbons (Fsp3) is 0.450. The van der Waals surface area contributed by atoms with E-state index in [4.69, 9.17) is 0 Å². The number of hydrogen-bond acceptors (Lipinski definition) is 3. The number of rotatable bonds is 4. The van der Waals surface area contributed by atoms with Gasteiger partial charge in [-0.3, -0.25) is 9.59 Å². The van der Waals surface area contributed by atoms with Gasteiger partial charge in [0, 0.05) is 24.6 Å². The largest absolute Gasteiger partial charge is 0.355 e. The summed E-state index contributed by atoms with van der Waals surface area (Å²) < 4.78 is 0. The summed E-state index contributed by atoms with van der Waals surface area (Å²) in [4.78, 5) is 24.6. The van der Waals surface area contributed by atoms with Crippen LogP contribution in [-0.4, -0.2) is 24.6 Å². The molecule has 1 aliphatic carbocycles. The highest BCUT2D eigenvalue weighted by atomic mass is 16.2. The predicted molar refractivity (Wildman–Crippen MR) is 98.0 cm³/mol. The summed E-state index contributed by atoms with van der Waals surface area (Å²) in [6.07, 6.45) is 6.05. The number of nitrogens with zero attached hydrogens (tertiary/aromatic N) is 1. The van der Waals surface area contributed by atoms with Crippen LogP contribution in [0.3, 0.4) is 0 Å². The fourth-order valence-corrected chi connectivity index (χ4v) is 3.72. The molecule has 1 fully saturated rings. The van der Waals surface area contributed by atoms with Crippen molar-refractivity contribution < 1.29 is 9.59 Å². The van der Waals surface area contributed by atoms with Gasteiger partial charge in [-0.1, -0.05) is 48.9 Å². The lowest BCUT2D eigenvalue weighted by molar-refractivity contribution is -0.133. The van der Waals surface area contributed by atoms with E-state index >= 15 is 0 Å². The van der Waals surface area contributed by atoms with E-state index in [1.54, 1.807) is 0 Å². The number of hydrazone groups is 1. The van der Waals surface area contributed by atoms with E-state index in [0.29, 0.717) is 18.4 Å².